The number of hydrogen-bond acceptors (Lipinski definition) is 4. The molecule has 20 heavy (non-hydrogen) atoms. The van der Waals surface area contributed by atoms with Gasteiger partial charge in [0.1, 0.15) is 6.54 Å². The van der Waals surface area contributed by atoms with E-state index >= 15 is 0 Å². The van der Waals surface area contributed by atoms with E-state index in [1.54, 1.807) is 4.68 Å². The average Bonchev–Trinajstić information content (AvgIpc) is 2.92. The first-order valence-corrected chi connectivity index (χ1v) is 8.26. The van der Waals surface area contributed by atoms with E-state index in [0.717, 1.165) is 30.0 Å². The second-order valence-corrected chi connectivity index (χ2v) is 6.97. The summed E-state index contributed by atoms with van der Waals surface area (Å²) in [7, 11) is 0. The van der Waals surface area contributed by atoms with Gasteiger partial charge in [0, 0.05) is 11.3 Å². The van der Waals surface area contributed by atoms with Crippen molar-refractivity contribution in [3.63, 3.8) is 0 Å². The summed E-state index contributed by atoms with van der Waals surface area (Å²) >= 11 is 2.00. The van der Waals surface area contributed by atoms with E-state index in [2.05, 4.69) is 17.3 Å². The fourth-order valence-corrected chi connectivity index (χ4v) is 3.87. The zero-order chi connectivity index (χ0) is 14.7. The number of aromatic nitrogens is 2. The fourth-order valence-electron chi connectivity index (χ4n) is 2.73. The van der Waals surface area contributed by atoms with Crippen molar-refractivity contribution in [2.24, 2.45) is 0 Å². The number of nitrogen functional groups attached to an aromatic ring is 1. The first-order chi connectivity index (χ1) is 9.51. The van der Waals surface area contributed by atoms with E-state index in [-0.39, 0.29) is 12.5 Å². The van der Waals surface area contributed by atoms with Crippen LogP contribution in [-0.4, -0.2) is 32.7 Å². The van der Waals surface area contributed by atoms with Crippen molar-refractivity contribution < 1.29 is 4.79 Å². The third kappa shape index (κ3) is 3.48. The van der Waals surface area contributed by atoms with Crippen molar-refractivity contribution in [3.8, 4) is 0 Å². The molecule has 6 heteroatoms. The molecule has 2 atom stereocenters. The van der Waals surface area contributed by atoms with Gasteiger partial charge in [-0.25, -0.2) is 0 Å². The molecule has 1 heterocycles. The largest absolute Gasteiger partial charge is 0.396 e. The number of anilines is 1. The molecule has 0 bridgehead atoms. The average molecular weight is 296 g/mol. The lowest BCUT2D eigenvalue weighted by molar-refractivity contribution is -0.122. The molecule has 5 nitrogen and oxygen atoms in total. The Balaban J connectivity index is 1.85. The van der Waals surface area contributed by atoms with Gasteiger partial charge in [-0.1, -0.05) is 6.92 Å². The molecule has 2 unspecified atom stereocenters. The molecule has 0 saturated heterocycles. The summed E-state index contributed by atoms with van der Waals surface area (Å²) in [6.45, 7) is 6.20. The van der Waals surface area contributed by atoms with E-state index in [9.17, 15) is 4.79 Å². The highest BCUT2D eigenvalue weighted by molar-refractivity contribution is 7.99. The van der Waals surface area contributed by atoms with Crippen molar-refractivity contribution >= 4 is 23.4 Å². The van der Waals surface area contributed by atoms with Gasteiger partial charge in [-0.3, -0.25) is 9.48 Å². The Labute approximate surface area is 124 Å². The topological polar surface area (TPSA) is 72.9 Å². The van der Waals surface area contributed by atoms with Crippen LogP contribution in [0.2, 0.25) is 0 Å². The Hall–Kier alpha value is -1.17. The van der Waals surface area contributed by atoms with Crippen LogP contribution in [0.5, 0.6) is 0 Å². The summed E-state index contributed by atoms with van der Waals surface area (Å²) < 4.78 is 1.69. The molecule has 3 N–H and O–H groups in total. The highest BCUT2D eigenvalue weighted by Gasteiger charge is 2.25. The van der Waals surface area contributed by atoms with E-state index in [0.29, 0.717) is 17.0 Å². The van der Waals surface area contributed by atoms with Crippen LogP contribution >= 0.6 is 11.8 Å². The van der Waals surface area contributed by atoms with Gasteiger partial charge in [-0.2, -0.15) is 16.9 Å². The number of carbonyl (C=O) groups is 1. The minimum Gasteiger partial charge on any atom is -0.396 e. The Kier molecular flexibility index (Phi) is 4.96. The Bertz CT molecular complexity index is 486. The highest BCUT2D eigenvalue weighted by Crippen LogP contribution is 2.29. The van der Waals surface area contributed by atoms with E-state index < -0.39 is 0 Å². The number of thioether (sulfide) groups is 1. The van der Waals surface area contributed by atoms with Crippen LogP contribution in [0.4, 0.5) is 5.69 Å². The molecule has 1 amide bonds. The molecule has 1 aliphatic rings. The molecule has 0 aliphatic heterocycles. The number of amides is 1. The summed E-state index contributed by atoms with van der Waals surface area (Å²) in [6.07, 6.45) is 3.38. The monoisotopic (exact) mass is 296 g/mol. The standard InChI is InChI=1S/C14H24N4OS/c1-4-20-12-6-5-11(7-12)16-13(19)8-18-10(3)14(15)9(2)17-18/h11-12H,4-8,15H2,1-3H3,(H,16,19). The molecule has 1 aliphatic carbocycles. The maximum absolute atomic E-state index is 12.1. The molecule has 0 radical (unpaired) electrons. The fraction of sp³-hybridized carbons (Fsp3) is 0.714. The zero-order valence-electron chi connectivity index (χ0n) is 12.5. The van der Waals surface area contributed by atoms with Crippen LogP contribution in [0.3, 0.4) is 0 Å². The molecular weight excluding hydrogens is 272 g/mol. The van der Waals surface area contributed by atoms with Gasteiger partial charge < -0.3 is 11.1 Å². The van der Waals surface area contributed by atoms with Gasteiger partial charge in [0.25, 0.3) is 0 Å². The number of hydrogen-bond donors (Lipinski definition) is 2. The third-order valence-electron chi connectivity index (χ3n) is 3.88. The van der Waals surface area contributed by atoms with E-state index in [4.69, 9.17) is 5.73 Å². The van der Waals surface area contributed by atoms with Crippen LogP contribution in [-0.2, 0) is 11.3 Å². The van der Waals surface area contributed by atoms with Crippen LogP contribution in [0.15, 0.2) is 0 Å². The molecule has 2 rings (SSSR count). The molecule has 112 valence electrons. The number of aryl methyl sites for hydroxylation is 1. The van der Waals surface area contributed by atoms with Crippen molar-refractivity contribution in [2.45, 2.75) is 57.9 Å². The molecule has 0 spiro atoms. The first kappa shape index (κ1) is 15.2. The third-order valence-corrected chi connectivity index (χ3v) is 5.12. The molecule has 1 fully saturated rings. The summed E-state index contributed by atoms with van der Waals surface area (Å²) in [5.41, 5.74) is 8.21. The molecule has 1 saturated carbocycles. The molecule has 1 aromatic heterocycles. The SMILES string of the molecule is CCSC1CCC(NC(=O)Cn2nc(C)c(N)c2C)C1. The van der Waals surface area contributed by atoms with E-state index in [1.807, 2.05) is 25.6 Å². The number of nitrogens with one attached hydrogen (secondary N) is 1. The van der Waals surface area contributed by atoms with Crippen molar-refractivity contribution in [2.75, 3.05) is 11.5 Å². The van der Waals surface area contributed by atoms with Crippen LogP contribution < -0.4 is 11.1 Å². The predicted octanol–water partition coefficient (Wildman–Crippen LogP) is 1.87. The van der Waals surface area contributed by atoms with Crippen molar-refractivity contribution in [1.82, 2.24) is 15.1 Å². The lowest BCUT2D eigenvalue weighted by Crippen LogP contribution is -2.36. The molecule has 1 aromatic rings. The quantitative estimate of drug-likeness (QED) is 0.870. The number of nitrogens with two attached hydrogens (primary N) is 1. The lowest BCUT2D eigenvalue weighted by atomic mass is 10.2. The Morgan fingerprint density at radius 3 is 2.85 bits per heavy atom. The number of nitrogens with zero attached hydrogens (tertiary/aromatic N) is 2. The maximum Gasteiger partial charge on any atom is 0.241 e. The van der Waals surface area contributed by atoms with Gasteiger partial charge in [-0.15, -0.1) is 0 Å². The lowest BCUT2D eigenvalue weighted by Gasteiger charge is -2.13. The van der Waals surface area contributed by atoms with Gasteiger partial charge in [0.05, 0.1) is 17.1 Å². The number of rotatable bonds is 5. The van der Waals surface area contributed by atoms with E-state index in [1.165, 1.54) is 6.42 Å². The molecule has 0 aromatic carbocycles. The zero-order valence-corrected chi connectivity index (χ0v) is 13.3. The normalized spacial score (nSPS) is 22.1. The number of carbonyl (C=O) groups excluding carboxylic acids is 1. The summed E-state index contributed by atoms with van der Waals surface area (Å²) in [6, 6.07) is 0.320. The smallest absolute Gasteiger partial charge is 0.241 e. The molecular formula is C14H24N4OS. The minimum absolute atomic E-state index is 0.0303. The predicted molar refractivity (Wildman–Crippen MR) is 83.8 cm³/mol. The van der Waals surface area contributed by atoms with Crippen molar-refractivity contribution in [1.29, 1.82) is 0 Å². The van der Waals surface area contributed by atoms with Gasteiger partial charge in [0.2, 0.25) is 5.91 Å². The minimum atomic E-state index is 0.0303. The summed E-state index contributed by atoms with van der Waals surface area (Å²) in [5.74, 6) is 1.18. The van der Waals surface area contributed by atoms with Gasteiger partial charge >= 0.3 is 0 Å². The summed E-state index contributed by atoms with van der Waals surface area (Å²) in [4.78, 5) is 12.1. The van der Waals surface area contributed by atoms with Crippen LogP contribution in [0.1, 0.15) is 37.6 Å². The van der Waals surface area contributed by atoms with Crippen LogP contribution in [0, 0.1) is 13.8 Å². The van der Waals surface area contributed by atoms with Crippen LogP contribution in [0.25, 0.3) is 0 Å². The first-order valence-electron chi connectivity index (χ1n) is 7.21. The second kappa shape index (κ2) is 6.52. The summed E-state index contributed by atoms with van der Waals surface area (Å²) in [5, 5.41) is 8.12. The Morgan fingerprint density at radius 1 is 1.50 bits per heavy atom. The maximum atomic E-state index is 12.1. The highest BCUT2D eigenvalue weighted by atomic mass is 32.2. The van der Waals surface area contributed by atoms with Gasteiger partial charge in [-0.05, 0) is 38.9 Å². The second-order valence-electron chi connectivity index (χ2n) is 5.40. The Morgan fingerprint density at radius 2 is 2.25 bits per heavy atom. The van der Waals surface area contributed by atoms with Crippen molar-refractivity contribution in [3.05, 3.63) is 11.4 Å². The van der Waals surface area contributed by atoms with Gasteiger partial charge in [0.15, 0.2) is 0 Å².